The number of fused-ring (bicyclic) bond motifs is 1. The van der Waals surface area contributed by atoms with Crippen LogP contribution in [-0.2, 0) is 0 Å². The predicted octanol–water partition coefficient (Wildman–Crippen LogP) is 3.41. The van der Waals surface area contributed by atoms with E-state index < -0.39 is 6.04 Å². The van der Waals surface area contributed by atoms with Crippen LogP contribution >= 0.6 is 15.9 Å². The highest BCUT2D eigenvalue weighted by atomic mass is 79.9. The summed E-state index contributed by atoms with van der Waals surface area (Å²) in [5.41, 5.74) is 9.88. The molecule has 0 radical (unpaired) electrons. The first-order valence-corrected chi connectivity index (χ1v) is 6.34. The van der Waals surface area contributed by atoms with Gasteiger partial charge in [0, 0.05) is 27.9 Å². The van der Waals surface area contributed by atoms with Crippen molar-refractivity contribution in [2.75, 3.05) is 6.61 Å². The van der Waals surface area contributed by atoms with Gasteiger partial charge in [0.15, 0.2) is 0 Å². The number of halogens is 1. The summed E-state index contributed by atoms with van der Waals surface area (Å²) in [6, 6.07) is 4.77. The Kier molecular flexibility index (Phi) is 3.90. The lowest BCUT2D eigenvalue weighted by molar-refractivity contribution is 0.0941. The van der Waals surface area contributed by atoms with Crippen LogP contribution in [0.4, 0.5) is 0 Å². The van der Waals surface area contributed by atoms with Crippen LogP contribution in [0.3, 0.4) is 0 Å². The molecule has 0 saturated carbocycles. The van der Waals surface area contributed by atoms with Crippen molar-refractivity contribution in [2.45, 2.75) is 13.0 Å². The highest BCUT2D eigenvalue weighted by molar-refractivity contribution is 9.10. The van der Waals surface area contributed by atoms with Crippen molar-refractivity contribution in [1.82, 2.24) is 4.57 Å². The first kappa shape index (κ1) is 13.6. The van der Waals surface area contributed by atoms with Crippen LogP contribution in [0.15, 0.2) is 34.0 Å². The Balaban J connectivity index is 2.75. The standard InChI is InChI=1S/C12H11BrN4O2/c1-7(19)17-5-10(11(6-18)15-16-14)9-3-2-8(13)4-12(9)17/h2-5,11,18H,6H2,1H3/t11-/m1/s1. The molecule has 0 aliphatic carbocycles. The van der Waals surface area contributed by atoms with Gasteiger partial charge >= 0.3 is 0 Å². The Bertz CT molecular complexity index is 688. The van der Waals surface area contributed by atoms with Crippen molar-refractivity contribution in [1.29, 1.82) is 0 Å². The number of aliphatic hydroxyl groups excluding tert-OH is 1. The number of carbonyl (C=O) groups excluding carboxylic acids is 1. The fraction of sp³-hybridized carbons (Fsp3) is 0.250. The van der Waals surface area contributed by atoms with E-state index in [4.69, 9.17) is 5.53 Å². The summed E-state index contributed by atoms with van der Waals surface area (Å²) >= 11 is 3.35. The number of hydrogen-bond acceptors (Lipinski definition) is 3. The minimum atomic E-state index is -0.700. The van der Waals surface area contributed by atoms with Crippen LogP contribution in [0.25, 0.3) is 21.3 Å². The molecule has 0 saturated heterocycles. The Morgan fingerprint density at radius 3 is 2.95 bits per heavy atom. The number of nitrogens with zero attached hydrogens (tertiary/aromatic N) is 4. The number of aromatic nitrogens is 1. The van der Waals surface area contributed by atoms with Gasteiger partial charge in [-0.3, -0.25) is 9.36 Å². The van der Waals surface area contributed by atoms with E-state index in [1.54, 1.807) is 6.20 Å². The van der Waals surface area contributed by atoms with Crippen molar-refractivity contribution >= 4 is 32.7 Å². The molecule has 19 heavy (non-hydrogen) atoms. The van der Waals surface area contributed by atoms with Crippen molar-refractivity contribution in [2.24, 2.45) is 5.11 Å². The molecule has 1 aromatic carbocycles. The zero-order valence-electron chi connectivity index (χ0n) is 10.1. The van der Waals surface area contributed by atoms with E-state index in [9.17, 15) is 9.90 Å². The normalized spacial score (nSPS) is 12.2. The number of hydrogen-bond donors (Lipinski definition) is 1. The Hall–Kier alpha value is -1.82. The average molecular weight is 323 g/mol. The second-order valence-electron chi connectivity index (χ2n) is 4.04. The maximum absolute atomic E-state index is 11.6. The number of aliphatic hydroxyl groups is 1. The van der Waals surface area contributed by atoms with Gasteiger partial charge in [0.25, 0.3) is 0 Å². The second kappa shape index (κ2) is 5.44. The van der Waals surface area contributed by atoms with Crippen LogP contribution in [0.1, 0.15) is 23.3 Å². The average Bonchev–Trinajstić information content (AvgIpc) is 2.74. The fourth-order valence-corrected chi connectivity index (χ4v) is 2.36. The summed E-state index contributed by atoms with van der Waals surface area (Å²) in [6.07, 6.45) is 1.61. The molecule has 0 amide bonds. The first-order chi connectivity index (χ1) is 9.08. The molecule has 0 spiro atoms. The number of rotatable bonds is 3. The second-order valence-corrected chi connectivity index (χ2v) is 4.95. The molecule has 0 aliphatic rings. The monoisotopic (exact) mass is 322 g/mol. The highest BCUT2D eigenvalue weighted by Gasteiger charge is 2.17. The molecule has 7 heteroatoms. The molecule has 2 rings (SSSR count). The summed E-state index contributed by atoms with van der Waals surface area (Å²) in [5, 5.41) is 13.6. The van der Waals surface area contributed by atoms with Crippen molar-refractivity contribution in [3.8, 4) is 0 Å². The molecular formula is C12H11BrN4O2. The Morgan fingerprint density at radius 2 is 2.37 bits per heavy atom. The van der Waals surface area contributed by atoms with E-state index in [2.05, 4.69) is 26.0 Å². The van der Waals surface area contributed by atoms with Crippen LogP contribution in [0.2, 0.25) is 0 Å². The lowest BCUT2D eigenvalue weighted by Crippen LogP contribution is -2.04. The molecule has 0 bridgehead atoms. The van der Waals surface area contributed by atoms with Gasteiger partial charge < -0.3 is 5.11 Å². The third-order valence-electron chi connectivity index (χ3n) is 2.86. The highest BCUT2D eigenvalue weighted by Crippen LogP contribution is 2.30. The van der Waals surface area contributed by atoms with Gasteiger partial charge in [0.05, 0.1) is 18.2 Å². The summed E-state index contributed by atoms with van der Waals surface area (Å²) in [4.78, 5) is 14.4. The molecule has 6 nitrogen and oxygen atoms in total. The number of benzene rings is 1. The molecule has 1 N–H and O–H groups in total. The molecule has 1 atom stereocenters. The smallest absolute Gasteiger partial charge is 0.227 e. The van der Waals surface area contributed by atoms with Crippen molar-refractivity contribution in [3.05, 3.63) is 44.9 Å². The molecule has 2 aromatic rings. The minimum Gasteiger partial charge on any atom is -0.396 e. The molecule has 1 aromatic heterocycles. The number of carbonyl (C=O) groups is 1. The van der Waals surface area contributed by atoms with Crippen LogP contribution in [-0.4, -0.2) is 22.2 Å². The van der Waals surface area contributed by atoms with E-state index in [1.807, 2.05) is 18.2 Å². The summed E-state index contributed by atoms with van der Waals surface area (Å²) < 4.78 is 2.32. The van der Waals surface area contributed by atoms with E-state index in [0.717, 1.165) is 9.86 Å². The third kappa shape index (κ3) is 2.49. The van der Waals surface area contributed by atoms with Gasteiger partial charge in [-0.05, 0) is 23.2 Å². The van der Waals surface area contributed by atoms with Gasteiger partial charge in [0.2, 0.25) is 5.91 Å². The Morgan fingerprint density at radius 1 is 1.63 bits per heavy atom. The molecular weight excluding hydrogens is 312 g/mol. The maximum atomic E-state index is 11.6. The lowest BCUT2D eigenvalue weighted by atomic mass is 10.1. The van der Waals surface area contributed by atoms with Crippen LogP contribution in [0, 0.1) is 0 Å². The molecule has 0 unspecified atom stereocenters. The first-order valence-electron chi connectivity index (χ1n) is 5.55. The molecule has 0 fully saturated rings. The van der Waals surface area contributed by atoms with E-state index in [-0.39, 0.29) is 12.5 Å². The van der Waals surface area contributed by atoms with Gasteiger partial charge in [-0.15, -0.1) is 0 Å². The molecule has 1 heterocycles. The largest absolute Gasteiger partial charge is 0.396 e. The van der Waals surface area contributed by atoms with Crippen molar-refractivity contribution < 1.29 is 9.90 Å². The molecule has 0 aliphatic heterocycles. The summed E-state index contributed by atoms with van der Waals surface area (Å²) in [7, 11) is 0. The van der Waals surface area contributed by atoms with Crippen LogP contribution < -0.4 is 0 Å². The lowest BCUT2D eigenvalue weighted by Gasteiger charge is -2.05. The van der Waals surface area contributed by atoms with Gasteiger partial charge in [0.1, 0.15) is 0 Å². The quantitative estimate of drug-likeness (QED) is 0.533. The fourth-order valence-electron chi connectivity index (χ4n) is 2.01. The predicted molar refractivity (Wildman–Crippen MR) is 74.9 cm³/mol. The van der Waals surface area contributed by atoms with Gasteiger partial charge in [-0.2, -0.15) is 0 Å². The minimum absolute atomic E-state index is 0.146. The van der Waals surface area contributed by atoms with E-state index in [1.165, 1.54) is 11.5 Å². The zero-order valence-corrected chi connectivity index (χ0v) is 11.7. The SMILES string of the molecule is CC(=O)n1cc([C@@H](CO)N=[N+]=[N-])c2ccc(Br)cc21. The Labute approximate surface area is 117 Å². The van der Waals surface area contributed by atoms with Gasteiger partial charge in [-0.1, -0.05) is 27.1 Å². The summed E-state index contributed by atoms with van der Waals surface area (Å²) in [6.45, 7) is 1.14. The van der Waals surface area contributed by atoms with Crippen LogP contribution in [0.5, 0.6) is 0 Å². The topological polar surface area (TPSA) is 91.0 Å². The van der Waals surface area contributed by atoms with E-state index in [0.29, 0.717) is 11.1 Å². The summed E-state index contributed by atoms with van der Waals surface area (Å²) in [5.74, 6) is -0.146. The molecule has 98 valence electrons. The van der Waals surface area contributed by atoms with Crippen molar-refractivity contribution in [3.63, 3.8) is 0 Å². The third-order valence-corrected chi connectivity index (χ3v) is 3.35. The van der Waals surface area contributed by atoms with E-state index >= 15 is 0 Å². The maximum Gasteiger partial charge on any atom is 0.227 e. The number of azide groups is 1. The zero-order chi connectivity index (χ0) is 14.0. The van der Waals surface area contributed by atoms with Gasteiger partial charge in [-0.25, -0.2) is 0 Å².